The first kappa shape index (κ1) is 14.8. The van der Waals surface area contributed by atoms with Gasteiger partial charge in [-0.15, -0.1) is 0 Å². The van der Waals surface area contributed by atoms with E-state index in [1.165, 1.54) is 0 Å². The van der Waals surface area contributed by atoms with Gasteiger partial charge in [-0.05, 0) is 18.8 Å². The minimum atomic E-state index is -0.774. The Kier molecular flexibility index (Phi) is 4.15. The lowest BCUT2D eigenvalue weighted by Crippen LogP contribution is -2.49. The van der Waals surface area contributed by atoms with Gasteiger partial charge in [0.15, 0.2) is 0 Å². The number of piperidine rings is 1. The maximum atomic E-state index is 13.2. The minimum absolute atomic E-state index is 0.0637. The zero-order chi connectivity index (χ0) is 15.0. The molecule has 0 saturated carbocycles. The molecule has 0 unspecified atom stereocenters. The minimum Gasteiger partial charge on any atom is -0.380 e. The van der Waals surface area contributed by atoms with Crippen molar-refractivity contribution in [2.75, 3.05) is 39.4 Å². The Morgan fingerprint density at radius 2 is 1.81 bits per heavy atom. The first-order valence-electron chi connectivity index (χ1n) is 7.82. The Labute approximate surface area is 124 Å². The average molecular weight is 298 g/mol. The van der Waals surface area contributed by atoms with E-state index in [4.69, 9.17) is 4.74 Å². The zero-order valence-electron chi connectivity index (χ0n) is 12.5. The normalized spacial score (nSPS) is 33.9. The van der Waals surface area contributed by atoms with E-state index >= 15 is 0 Å². The molecule has 0 aliphatic carbocycles. The van der Waals surface area contributed by atoms with E-state index in [-0.39, 0.29) is 29.6 Å². The van der Waals surface area contributed by atoms with Gasteiger partial charge in [0.25, 0.3) is 0 Å². The van der Waals surface area contributed by atoms with Gasteiger partial charge in [0, 0.05) is 39.0 Å². The van der Waals surface area contributed by atoms with Crippen LogP contribution in [0.3, 0.4) is 0 Å². The van der Waals surface area contributed by atoms with Crippen LogP contribution in [0.1, 0.15) is 19.8 Å². The molecule has 0 aromatic rings. The number of halogens is 1. The summed E-state index contributed by atoms with van der Waals surface area (Å²) in [5.41, 5.74) is 0. The molecule has 0 radical (unpaired) electrons. The molecule has 118 valence electrons. The number of rotatable bonds is 1. The van der Waals surface area contributed by atoms with Crippen molar-refractivity contribution in [3.05, 3.63) is 0 Å². The van der Waals surface area contributed by atoms with Gasteiger partial charge in [-0.2, -0.15) is 0 Å². The molecular formula is C15H23FN2O3. The highest BCUT2D eigenvalue weighted by Gasteiger charge is 2.45. The first-order chi connectivity index (χ1) is 10.1. The van der Waals surface area contributed by atoms with Crippen LogP contribution in [0.4, 0.5) is 4.39 Å². The molecule has 3 fully saturated rings. The van der Waals surface area contributed by atoms with Gasteiger partial charge in [-0.1, -0.05) is 0 Å². The lowest BCUT2D eigenvalue weighted by molar-refractivity contribution is -0.146. The lowest BCUT2D eigenvalue weighted by atomic mass is 9.81. The number of likely N-dealkylation sites (tertiary alicyclic amines) is 2. The van der Waals surface area contributed by atoms with Gasteiger partial charge < -0.3 is 14.5 Å². The van der Waals surface area contributed by atoms with Crippen LogP contribution < -0.4 is 0 Å². The summed E-state index contributed by atoms with van der Waals surface area (Å²) in [5, 5.41) is 0. The Bertz CT molecular complexity index is 423. The third kappa shape index (κ3) is 2.91. The maximum absolute atomic E-state index is 13.2. The fraction of sp³-hybridized carbons (Fsp3) is 0.867. The third-order valence-corrected chi connectivity index (χ3v) is 5.14. The molecule has 21 heavy (non-hydrogen) atoms. The number of hydrogen-bond donors (Lipinski definition) is 0. The SMILES string of the molecule is CC(=O)N1C[C@@H]2COC[C@@H](C(=O)N3CCC(F)CC3)[C@@H]2C1. The Morgan fingerprint density at radius 3 is 2.48 bits per heavy atom. The number of alkyl halides is 1. The third-order valence-electron chi connectivity index (χ3n) is 5.14. The molecule has 0 bridgehead atoms. The van der Waals surface area contributed by atoms with Crippen molar-refractivity contribution in [2.45, 2.75) is 25.9 Å². The molecule has 5 nitrogen and oxygen atoms in total. The molecule has 0 spiro atoms. The number of carbonyl (C=O) groups is 2. The van der Waals surface area contributed by atoms with E-state index in [1.807, 2.05) is 4.90 Å². The van der Waals surface area contributed by atoms with Gasteiger partial charge in [0.05, 0.1) is 19.1 Å². The van der Waals surface area contributed by atoms with Gasteiger partial charge in [0.2, 0.25) is 11.8 Å². The van der Waals surface area contributed by atoms with E-state index in [1.54, 1.807) is 11.8 Å². The molecule has 0 N–H and O–H groups in total. The predicted molar refractivity (Wildman–Crippen MR) is 74.3 cm³/mol. The molecule has 3 atom stereocenters. The molecule has 6 heteroatoms. The van der Waals surface area contributed by atoms with Crippen molar-refractivity contribution in [1.29, 1.82) is 0 Å². The smallest absolute Gasteiger partial charge is 0.228 e. The fourth-order valence-electron chi connectivity index (χ4n) is 3.81. The molecule has 2 amide bonds. The van der Waals surface area contributed by atoms with E-state index in [0.717, 1.165) is 0 Å². The van der Waals surface area contributed by atoms with E-state index in [2.05, 4.69) is 0 Å². The Morgan fingerprint density at radius 1 is 1.10 bits per heavy atom. The van der Waals surface area contributed by atoms with E-state index < -0.39 is 6.17 Å². The molecule has 3 rings (SSSR count). The summed E-state index contributed by atoms with van der Waals surface area (Å²) in [4.78, 5) is 27.8. The topological polar surface area (TPSA) is 49.9 Å². The van der Waals surface area contributed by atoms with Crippen LogP contribution in [0.15, 0.2) is 0 Å². The van der Waals surface area contributed by atoms with Crippen molar-refractivity contribution in [2.24, 2.45) is 17.8 Å². The molecule has 0 aromatic heterocycles. The van der Waals surface area contributed by atoms with E-state index in [9.17, 15) is 14.0 Å². The summed E-state index contributed by atoms with van der Waals surface area (Å²) in [7, 11) is 0. The quantitative estimate of drug-likeness (QED) is 0.715. The fourth-order valence-corrected chi connectivity index (χ4v) is 3.81. The number of carbonyl (C=O) groups excluding carboxylic acids is 2. The lowest BCUT2D eigenvalue weighted by Gasteiger charge is -2.37. The standard InChI is InChI=1S/C15H23FN2O3/c1-10(19)18-6-11-8-21-9-14(13(11)7-18)15(20)17-4-2-12(16)3-5-17/h11-14H,2-9H2,1H3/t11-,13-,14-/m1/s1. The van der Waals surface area contributed by atoms with Crippen LogP contribution in [0.2, 0.25) is 0 Å². The summed E-state index contributed by atoms with van der Waals surface area (Å²) in [6, 6.07) is 0. The van der Waals surface area contributed by atoms with Crippen LogP contribution in [0.25, 0.3) is 0 Å². The van der Waals surface area contributed by atoms with Crippen LogP contribution in [0, 0.1) is 17.8 Å². The van der Waals surface area contributed by atoms with Crippen LogP contribution >= 0.6 is 0 Å². The monoisotopic (exact) mass is 298 g/mol. The highest BCUT2D eigenvalue weighted by atomic mass is 19.1. The first-order valence-corrected chi connectivity index (χ1v) is 7.82. The van der Waals surface area contributed by atoms with Crippen molar-refractivity contribution < 1.29 is 18.7 Å². The average Bonchev–Trinajstić information content (AvgIpc) is 2.91. The summed E-state index contributed by atoms with van der Waals surface area (Å²) in [6.45, 7) is 4.98. The van der Waals surface area contributed by atoms with Crippen molar-refractivity contribution in [3.8, 4) is 0 Å². The second kappa shape index (κ2) is 5.91. The number of hydrogen-bond acceptors (Lipinski definition) is 3. The number of amides is 2. The Balaban J connectivity index is 1.66. The second-order valence-corrected chi connectivity index (χ2v) is 6.49. The van der Waals surface area contributed by atoms with Gasteiger partial charge >= 0.3 is 0 Å². The number of ether oxygens (including phenoxy) is 1. The molecule has 3 aliphatic heterocycles. The highest BCUT2D eigenvalue weighted by Crippen LogP contribution is 2.35. The number of fused-ring (bicyclic) bond motifs is 1. The summed E-state index contributed by atoms with van der Waals surface area (Å²) in [5.74, 6) is 0.425. The molecular weight excluding hydrogens is 275 g/mol. The second-order valence-electron chi connectivity index (χ2n) is 6.49. The van der Waals surface area contributed by atoms with Gasteiger partial charge in [-0.25, -0.2) is 4.39 Å². The van der Waals surface area contributed by atoms with Crippen LogP contribution in [-0.4, -0.2) is 67.2 Å². The molecule has 3 saturated heterocycles. The van der Waals surface area contributed by atoms with Gasteiger partial charge in [-0.3, -0.25) is 9.59 Å². The van der Waals surface area contributed by atoms with Crippen molar-refractivity contribution >= 4 is 11.8 Å². The van der Waals surface area contributed by atoms with E-state index in [0.29, 0.717) is 52.2 Å². The highest BCUT2D eigenvalue weighted by molar-refractivity contribution is 5.80. The van der Waals surface area contributed by atoms with Crippen molar-refractivity contribution in [3.63, 3.8) is 0 Å². The largest absolute Gasteiger partial charge is 0.380 e. The summed E-state index contributed by atoms with van der Waals surface area (Å²) in [6.07, 6.45) is 0.101. The van der Waals surface area contributed by atoms with Crippen LogP contribution in [0.5, 0.6) is 0 Å². The molecule has 0 aromatic carbocycles. The number of nitrogens with zero attached hydrogens (tertiary/aromatic N) is 2. The van der Waals surface area contributed by atoms with Crippen molar-refractivity contribution in [1.82, 2.24) is 9.80 Å². The predicted octanol–water partition coefficient (Wildman–Crippen LogP) is 0.688. The van der Waals surface area contributed by atoms with Gasteiger partial charge in [0.1, 0.15) is 6.17 Å². The summed E-state index contributed by atoms with van der Waals surface area (Å²) >= 11 is 0. The maximum Gasteiger partial charge on any atom is 0.228 e. The molecule has 3 aliphatic rings. The zero-order valence-corrected chi connectivity index (χ0v) is 12.5. The van der Waals surface area contributed by atoms with Crippen LogP contribution in [-0.2, 0) is 14.3 Å². The molecule has 3 heterocycles. The summed E-state index contributed by atoms with van der Waals surface area (Å²) < 4.78 is 18.8. The Hall–Kier alpha value is -1.17.